The molecule has 9 heteroatoms. The molecular weight excluding hydrogens is 295 g/mol. The van der Waals surface area contributed by atoms with Crippen molar-refractivity contribution in [3.63, 3.8) is 0 Å². The Hall–Kier alpha value is -1.40. The van der Waals surface area contributed by atoms with E-state index in [1.807, 2.05) is 11.2 Å². The van der Waals surface area contributed by atoms with E-state index in [2.05, 4.69) is 11.2 Å². The molecule has 0 aromatic rings. The number of halogens is 3. The van der Waals surface area contributed by atoms with Crippen LogP contribution in [0.3, 0.4) is 0 Å². The molecule has 0 saturated carbocycles. The SMILES string of the molecule is CC1SCC#CC(C(F)(F)F)NCC(=O)NC1C(N)=O. The van der Waals surface area contributed by atoms with Crippen molar-refractivity contribution in [1.82, 2.24) is 10.6 Å². The molecule has 0 spiro atoms. The number of nitrogens with one attached hydrogen (secondary N) is 2. The predicted octanol–water partition coefficient (Wildman–Crippen LogP) is -0.384. The van der Waals surface area contributed by atoms with E-state index >= 15 is 0 Å². The number of hydrogen-bond donors (Lipinski definition) is 3. The van der Waals surface area contributed by atoms with Crippen molar-refractivity contribution >= 4 is 23.6 Å². The van der Waals surface area contributed by atoms with Gasteiger partial charge in [-0.3, -0.25) is 14.9 Å². The molecule has 0 saturated heterocycles. The number of primary amides is 1. The molecule has 0 fully saturated rings. The number of nitrogens with two attached hydrogens (primary N) is 1. The fraction of sp³-hybridized carbons (Fsp3) is 0.636. The minimum atomic E-state index is -4.57. The van der Waals surface area contributed by atoms with Crippen molar-refractivity contribution in [2.24, 2.45) is 5.73 Å². The lowest BCUT2D eigenvalue weighted by Crippen LogP contribution is -2.53. The Kier molecular flexibility index (Phi) is 5.71. The fourth-order valence-electron chi connectivity index (χ4n) is 1.50. The van der Waals surface area contributed by atoms with Crippen molar-refractivity contribution in [2.45, 2.75) is 30.4 Å². The average Bonchev–Trinajstić information content (AvgIpc) is 2.34. The summed E-state index contributed by atoms with van der Waals surface area (Å²) >= 11 is 1.15. The molecule has 20 heavy (non-hydrogen) atoms. The van der Waals surface area contributed by atoms with E-state index in [-0.39, 0.29) is 11.0 Å². The highest BCUT2D eigenvalue weighted by molar-refractivity contribution is 8.00. The van der Waals surface area contributed by atoms with Crippen molar-refractivity contribution in [2.75, 3.05) is 12.3 Å². The van der Waals surface area contributed by atoms with Crippen LogP contribution in [0.4, 0.5) is 13.2 Å². The van der Waals surface area contributed by atoms with E-state index in [0.717, 1.165) is 11.8 Å². The second-order valence-electron chi connectivity index (χ2n) is 4.14. The summed E-state index contributed by atoms with van der Waals surface area (Å²) in [5.74, 6) is 3.05. The first-order valence-electron chi connectivity index (χ1n) is 5.70. The van der Waals surface area contributed by atoms with E-state index in [9.17, 15) is 22.8 Å². The topological polar surface area (TPSA) is 84.2 Å². The van der Waals surface area contributed by atoms with Gasteiger partial charge in [-0.1, -0.05) is 18.8 Å². The molecule has 1 aliphatic heterocycles. The highest BCUT2D eigenvalue weighted by atomic mass is 32.2. The summed E-state index contributed by atoms with van der Waals surface area (Å²) < 4.78 is 37.9. The first kappa shape index (κ1) is 16.7. The maximum Gasteiger partial charge on any atom is 0.415 e. The lowest BCUT2D eigenvalue weighted by Gasteiger charge is -2.21. The smallest absolute Gasteiger partial charge is 0.368 e. The second kappa shape index (κ2) is 6.85. The molecule has 5 nitrogen and oxygen atoms in total. The maximum absolute atomic E-state index is 12.6. The van der Waals surface area contributed by atoms with Crippen LogP contribution in [-0.4, -0.2) is 47.6 Å². The van der Waals surface area contributed by atoms with E-state index < -0.39 is 36.6 Å². The van der Waals surface area contributed by atoms with Gasteiger partial charge in [0.1, 0.15) is 6.04 Å². The van der Waals surface area contributed by atoms with Crippen molar-refractivity contribution in [3.8, 4) is 11.8 Å². The number of carbonyl (C=O) groups is 2. The van der Waals surface area contributed by atoms with Crippen molar-refractivity contribution in [3.05, 3.63) is 0 Å². The molecule has 0 radical (unpaired) electrons. The van der Waals surface area contributed by atoms with Gasteiger partial charge in [-0.05, 0) is 0 Å². The molecule has 4 N–H and O–H groups in total. The Balaban J connectivity index is 2.87. The van der Waals surface area contributed by atoms with Gasteiger partial charge in [-0.15, -0.1) is 11.8 Å². The zero-order valence-corrected chi connectivity index (χ0v) is 11.4. The van der Waals surface area contributed by atoms with E-state index in [1.54, 1.807) is 6.92 Å². The van der Waals surface area contributed by atoms with Gasteiger partial charge >= 0.3 is 6.18 Å². The maximum atomic E-state index is 12.6. The normalized spacial score (nSPS) is 28.6. The summed E-state index contributed by atoms with van der Waals surface area (Å²) in [5.41, 5.74) is 5.16. The van der Waals surface area contributed by atoms with Gasteiger partial charge in [0, 0.05) is 5.25 Å². The first-order valence-corrected chi connectivity index (χ1v) is 6.75. The van der Waals surface area contributed by atoms with Gasteiger partial charge in [0.15, 0.2) is 6.04 Å². The van der Waals surface area contributed by atoms with Crippen LogP contribution in [0.25, 0.3) is 0 Å². The molecule has 0 bridgehead atoms. The Morgan fingerprint density at radius 1 is 1.50 bits per heavy atom. The average molecular weight is 309 g/mol. The molecule has 3 unspecified atom stereocenters. The number of carbonyl (C=O) groups excluding carboxylic acids is 2. The lowest BCUT2D eigenvalue weighted by atomic mass is 10.2. The molecule has 0 aromatic carbocycles. The zero-order chi connectivity index (χ0) is 15.3. The third kappa shape index (κ3) is 4.94. The summed E-state index contributed by atoms with van der Waals surface area (Å²) in [7, 11) is 0. The molecule has 0 aliphatic carbocycles. The van der Waals surface area contributed by atoms with Crippen LogP contribution >= 0.6 is 11.8 Å². The quantitative estimate of drug-likeness (QED) is 0.576. The monoisotopic (exact) mass is 309 g/mol. The highest BCUT2D eigenvalue weighted by Crippen LogP contribution is 2.20. The van der Waals surface area contributed by atoms with Crippen molar-refractivity contribution in [1.29, 1.82) is 0 Å². The molecular formula is C11H14F3N3O2S. The van der Waals surface area contributed by atoms with Crippen LogP contribution in [0, 0.1) is 11.8 Å². The largest absolute Gasteiger partial charge is 0.415 e. The molecule has 112 valence electrons. The Morgan fingerprint density at radius 3 is 2.70 bits per heavy atom. The third-order valence-electron chi connectivity index (χ3n) is 2.55. The Bertz CT molecular complexity index is 444. The van der Waals surface area contributed by atoms with E-state index in [1.165, 1.54) is 0 Å². The fourth-order valence-corrected chi connectivity index (χ4v) is 2.32. The van der Waals surface area contributed by atoms with Crippen LogP contribution in [0.1, 0.15) is 6.92 Å². The van der Waals surface area contributed by atoms with Crippen LogP contribution in [0.5, 0.6) is 0 Å². The summed E-state index contributed by atoms with van der Waals surface area (Å²) in [4.78, 5) is 22.8. The number of hydrogen-bond acceptors (Lipinski definition) is 4. The van der Waals surface area contributed by atoms with Gasteiger partial charge in [0.2, 0.25) is 11.8 Å². The molecule has 0 aromatic heterocycles. The van der Waals surface area contributed by atoms with Crippen LogP contribution in [0.15, 0.2) is 0 Å². The molecule has 1 heterocycles. The predicted molar refractivity (Wildman–Crippen MR) is 68.7 cm³/mol. The number of amides is 2. The molecule has 1 rings (SSSR count). The van der Waals surface area contributed by atoms with Gasteiger partial charge in [-0.25, -0.2) is 0 Å². The summed E-state index contributed by atoms with van der Waals surface area (Å²) in [6, 6.07) is -3.02. The Morgan fingerprint density at radius 2 is 2.15 bits per heavy atom. The number of thioether (sulfide) groups is 1. The first-order chi connectivity index (χ1) is 9.21. The molecule has 2 amide bonds. The van der Waals surface area contributed by atoms with Crippen LogP contribution < -0.4 is 16.4 Å². The second-order valence-corrected chi connectivity index (χ2v) is 5.51. The van der Waals surface area contributed by atoms with Gasteiger partial charge in [0.25, 0.3) is 0 Å². The number of alkyl halides is 3. The standard InChI is InChI=1S/C11H14F3N3O2S/c1-6-9(10(15)19)17-8(18)5-16-7(11(12,13)14)3-2-4-20-6/h6-7,9,16H,4-5H2,1H3,(H2,15,19)(H,17,18). The van der Waals surface area contributed by atoms with Crippen LogP contribution in [-0.2, 0) is 9.59 Å². The highest BCUT2D eigenvalue weighted by Gasteiger charge is 2.39. The van der Waals surface area contributed by atoms with Gasteiger partial charge in [0.05, 0.1) is 12.3 Å². The summed E-state index contributed by atoms with van der Waals surface area (Å²) in [5, 5.41) is 3.94. The molecule has 1 aliphatic rings. The van der Waals surface area contributed by atoms with Crippen molar-refractivity contribution < 1.29 is 22.8 Å². The van der Waals surface area contributed by atoms with Gasteiger partial charge < -0.3 is 11.1 Å². The minimum absolute atomic E-state index is 0.106. The lowest BCUT2D eigenvalue weighted by molar-refractivity contribution is -0.143. The van der Waals surface area contributed by atoms with E-state index in [4.69, 9.17) is 5.73 Å². The van der Waals surface area contributed by atoms with Gasteiger partial charge in [-0.2, -0.15) is 13.2 Å². The molecule has 3 atom stereocenters. The van der Waals surface area contributed by atoms with E-state index in [0.29, 0.717) is 0 Å². The summed E-state index contributed by atoms with van der Waals surface area (Å²) in [6.07, 6.45) is -4.57. The number of rotatable bonds is 1. The zero-order valence-electron chi connectivity index (χ0n) is 10.6. The van der Waals surface area contributed by atoms with Crippen LogP contribution in [0.2, 0.25) is 0 Å². The third-order valence-corrected chi connectivity index (χ3v) is 3.66. The Labute approximate surface area is 118 Å². The summed E-state index contributed by atoms with van der Waals surface area (Å²) in [6.45, 7) is 1.05. The minimum Gasteiger partial charge on any atom is -0.368 e.